The molecule has 0 aromatic heterocycles. The first-order valence-electron chi connectivity index (χ1n) is 6.69. The Balaban J connectivity index is 2.14. The Morgan fingerprint density at radius 2 is 1.94 bits per heavy atom. The van der Waals surface area contributed by atoms with Crippen LogP contribution in [0.5, 0.6) is 0 Å². The first-order valence-corrected chi connectivity index (χ1v) is 6.69. The Labute approximate surface area is 109 Å². The molecular weight excluding hydrogens is 224 g/mol. The quantitative estimate of drug-likeness (QED) is 0.788. The Morgan fingerprint density at radius 1 is 1.28 bits per heavy atom. The summed E-state index contributed by atoms with van der Waals surface area (Å²) in [6.07, 6.45) is 5.78. The number of rotatable bonds is 2. The molecule has 0 atom stereocenters. The van der Waals surface area contributed by atoms with Crippen LogP contribution in [0.25, 0.3) is 0 Å². The van der Waals surface area contributed by atoms with E-state index in [1.54, 1.807) is 6.07 Å². The summed E-state index contributed by atoms with van der Waals surface area (Å²) >= 11 is 0. The standard InChI is InChI=1S/C15H22N2O/c1-11-7-6-8-12(13(11)16)14(18)17-15(2)9-4-3-5-10-15/h6-8H,3-5,9-10,16H2,1-2H3,(H,17,18). The van der Waals surface area contributed by atoms with Crippen molar-refractivity contribution in [2.45, 2.75) is 51.5 Å². The molecular formula is C15H22N2O. The molecule has 1 amide bonds. The van der Waals surface area contributed by atoms with Crippen molar-refractivity contribution in [3.8, 4) is 0 Å². The lowest BCUT2D eigenvalue weighted by Gasteiger charge is -2.34. The number of para-hydroxylation sites is 1. The second kappa shape index (κ2) is 5.01. The lowest BCUT2D eigenvalue weighted by molar-refractivity contribution is 0.0883. The number of hydrogen-bond acceptors (Lipinski definition) is 2. The van der Waals surface area contributed by atoms with Crippen molar-refractivity contribution < 1.29 is 4.79 Å². The van der Waals surface area contributed by atoms with Gasteiger partial charge in [0.25, 0.3) is 5.91 Å². The maximum atomic E-state index is 12.3. The van der Waals surface area contributed by atoms with Crippen LogP contribution in [-0.4, -0.2) is 11.4 Å². The van der Waals surface area contributed by atoms with E-state index in [0.717, 1.165) is 18.4 Å². The maximum Gasteiger partial charge on any atom is 0.253 e. The minimum absolute atomic E-state index is 0.0411. The number of hydrogen-bond donors (Lipinski definition) is 2. The fourth-order valence-corrected chi connectivity index (χ4v) is 2.68. The molecule has 3 N–H and O–H groups in total. The zero-order valence-corrected chi connectivity index (χ0v) is 11.3. The van der Waals surface area contributed by atoms with Gasteiger partial charge >= 0.3 is 0 Å². The number of carbonyl (C=O) groups excluding carboxylic acids is 1. The van der Waals surface area contributed by atoms with E-state index in [1.165, 1.54) is 19.3 Å². The molecule has 2 rings (SSSR count). The third-order valence-corrected chi connectivity index (χ3v) is 3.94. The Hall–Kier alpha value is -1.51. The lowest BCUT2D eigenvalue weighted by atomic mass is 9.83. The smallest absolute Gasteiger partial charge is 0.253 e. The van der Waals surface area contributed by atoms with Crippen LogP contribution in [0.1, 0.15) is 54.9 Å². The average Bonchev–Trinajstić information content (AvgIpc) is 2.33. The SMILES string of the molecule is Cc1cccc(C(=O)NC2(C)CCCCC2)c1N. The largest absolute Gasteiger partial charge is 0.398 e. The molecule has 18 heavy (non-hydrogen) atoms. The number of aryl methyl sites for hydroxylation is 1. The van der Waals surface area contributed by atoms with E-state index in [-0.39, 0.29) is 11.4 Å². The Bertz CT molecular complexity index is 448. The summed E-state index contributed by atoms with van der Waals surface area (Å²) in [5, 5.41) is 3.16. The minimum Gasteiger partial charge on any atom is -0.398 e. The molecule has 1 saturated carbocycles. The number of nitrogens with two attached hydrogens (primary N) is 1. The highest BCUT2D eigenvalue weighted by molar-refractivity contribution is 6.00. The van der Waals surface area contributed by atoms with Crippen LogP contribution in [0.3, 0.4) is 0 Å². The molecule has 3 heteroatoms. The van der Waals surface area contributed by atoms with Crippen molar-refractivity contribution >= 4 is 11.6 Å². The summed E-state index contributed by atoms with van der Waals surface area (Å²) in [5.41, 5.74) is 8.05. The van der Waals surface area contributed by atoms with Gasteiger partial charge in [-0.05, 0) is 38.3 Å². The van der Waals surface area contributed by atoms with Crippen LogP contribution >= 0.6 is 0 Å². The van der Waals surface area contributed by atoms with Crippen LogP contribution in [0.4, 0.5) is 5.69 Å². The van der Waals surface area contributed by atoms with Gasteiger partial charge < -0.3 is 11.1 Å². The Morgan fingerprint density at radius 3 is 2.61 bits per heavy atom. The first kappa shape index (κ1) is 12.9. The van der Waals surface area contributed by atoms with Gasteiger partial charge in [0.15, 0.2) is 0 Å². The third kappa shape index (κ3) is 2.66. The van der Waals surface area contributed by atoms with Crippen LogP contribution in [0.15, 0.2) is 18.2 Å². The lowest BCUT2D eigenvalue weighted by Crippen LogP contribution is -2.47. The predicted molar refractivity (Wildman–Crippen MR) is 74.5 cm³/mol. The molecule has 1 aliphatic carbocycles. The molecule has 0 saturated heterocycles. The van der Waals surface area contributed by atoms with Gasteiger partial charge in [0.05, 0.1) is 5.56 Å². The summed E-state index contributed by atoms with van der Waals surface area (Å²) < 4.78 is 0. The molecule has 0 bridgehead atoms. The molecule has 1 fully saturated rings. The molecule has 0 unspecified atom stereocenters. The van der Waals surface area contributed by atoms with E-state index in [1.807, 2.05) is 19.1 Å². The van der Waals surface area contributed by atoms with Crippen LogP contribution in [0, 0.1) is 6.92 Å². The number of anilines is 1. The third-order valence-electron chi connectivity index (χ3n) is 3.94. The van der Waals surface area contributed by atoms with E-state index in [2.05, 4.69) is 12.2 Å². The van der Waals surface area contributed by atoms with Gasteiger partial charge in [0.1, 0.15) is 0 Å². The molecule has 3 nitrogen and oxygen atoms in total. The number of carbonyl (C=O) groups is 1. The van der Waals surface area contributed by atoms with Crippen molar-refractivity contribution in [1.29, 1.82) is 0 Å². The van der Waals surface area contributed by atoms with Crippen molar-refractivity contribution in [2.75, 3.05) is 5.73 Å². The summed E-state index contributed by atoms with van der Waals surface area (Å²) in [6, 6.07) is 5.60. The highest BCUT2D eigenvalue weighted by atomic mass is 16.1. The molecule has 0 radical (unpaired) electrons. The number of amides is 1. The maximum absolute atomic E-state index is 12.3. The fourth-order valence-electron chi connectivity index (χ4n) is 2.68. The average molecular weight is 246 g/mol. The molecule has 1 aliphatic rings. The van der Waals surface area contributed by atoms with E-state index >= 15 is 0 Å². The molecule has 0 aliphatic heterocycles. The predicted octanol–water partition coefficient (Wildman–Crippen LogP) is 3.03. The first-order chi connectivity index (χ1) is 8.52. The number of nitrogen functional groups attached to an aromatic ring is 1. The highest BCUT2D eigenvalue weighted by Gasteiger charge is 2.29. The van der Waals surface area contributed by atoms with Crippen molar-refractivity contribution in [3.05, 3.63) is 29.3 Å². The van der Waals surface area contributed by atoms with E-state index in [9.17, 15) is 4.79 Å². The van der Waals surface area contributed by atoms with Gasteiger partial charge in [0.2, 0.25) is 0 Å². The second-order valence-electron chi connectivity index (χ2n) is 5.61. The summed E-state index contributed by atoms with van der Waals surface area (Å²) in [7, 11) is 0. The number of benzene rings is 1. The fraction of sp³-hybridized carbons (Fsp3) is 0.533. The zero-order chi connectivity index (χ0) is 13.2. The Kier molecular flexibility index (Phi) is 3.60. The van der Waals surface area contributed by atoms with Gasteiger partial charge in [-0.1, -0.05) is 31.4 Å². The minimum atomic E-state index is -0.0640. The summed E-state index contributed by atoms with van der Waals surface area (Å²) in [6.45, 7) is 4.06. The molecule has 1 aromatic carbocycles. The molecule has 1 aromatic rings. The second-order valence-corrected chi connectivity index (χ2v) is 5.61. The van der Waals surface area contributed by atoms with Crippen LogP contribution < -0.4 is 11.1 Å². The topological polar surface area (TPSA) is 55.1 Å². The van der Waals surface area contributed by atoms with Gasteiger partial charge in [-0.15, -0.1) is 0 Å². The van der Waals surface area contributed by atoms with Crippen molar-refractivity contribution in [3.63, 3.8) is 0 Å². The van der Waals surface area contributed by atoms with Gasteiger partial charge in [-0.25, -0.2) is 0 Å². The van der Waals surface area contributed by atoms with Crippen LogP contribution in [0.2, 0.25) is 0 Å². The van der Waals surface area contributed by atoms with E-state index in [0.29, 0.717) is 11.3 Å². The zero-order valence-electron chi connectivity index (χ0n) is 11.3. The molecule has 0 heterocycles. The van der Waals surface area contributed by atoms with Gasteiger partial charge in [-0.3, -0.25) is 4.79 Å². The molecule has 98 valence electrons. The summed E-state index contributed by atoms with van der Waals surface area (Å²) in [4.78, 5) is 12.3. The van der Waals surface area contributed by atoms with Crippen LogP contribution in [-0.2, 0) is 0 Å². The van der Waals surface area contributed by atoms with Crippen molar-refractivity contribution in [2.24, 2.45) is 0 Å². The molecule has 0 spiro atoms. The normalized spacial score (nSPS) is 18.3. The van der Waals surface area contributed by atoms with Gasteiger partial charge in [-0.2, -0.15) is 0 Å². The van der Waals surface area contributed by atoms with E-state index in [4.69, 9.17) is 5.73 Å². The van der Waals surface area contributed by atoms with E-state index < -0.39 is 0 Å². The summed E-state index contributed by atoms with van der Waals surface area (Å²) in [5.74, 6) is -0.0411. The highest BCUT2D eigenvalue weighted by Crippen LogP contribution is 2.28. The van der Waals surface area contributed by atoms with Gasteiger partial charge in [0, 0.05) is 11.2 Å². The number of nitrogens with one attached hydrogen (secondary N) is 1. The van der Waals surface area contributed by atoms with Crippen molar-refractivity contribution in [1.82, 2.24) is 5.32 Å². The monoisotopic (exact) mass is 246 g/mol.